The predicted octanol–water partition coefficient (Wildman–Crippen LogP) is 4.08. The number of pyridine rings is 3. The molecule has 0 amide bonds. The number of nitrogens with zero attached hydrogens (tertiary/aromatic N) is 3. The molecule has 0 aliphatic rings. The second kappa shape index (κ2) is 6.27. The summed E-state index contributed by atoms with van der Waals surface area (Å²) in [5.41, 5.74) is 3.91. The Kier molecular flexibility index (Phi) is 4.01. The molecule has 3 rings (SSSR count). The summed E-state index contributed by atoms with van der Waals surface area (Å²) >= 11 is 0. The van der Waals surface area contributed by atoms with E-state index in [0.717, 1.165) is 29.2 Å². The summed E-state index contributed by atoms with van der Waals surface area (Å²) in [6, 6.07) is 18.0. The SMILES string of the molecule is CCC(c1ccccn1)c1cccc(-c2ccccn2)n1. The van der Waals surface area contributed by atoms with Crippen LogP contribution >= 0.6 is 0 Å². The summed E-state index contributed by atoms with van der Waals surface area (Å²) < 4.78 is 0. The van der Waals surface area contributed by atoms with Crippen LogP contribution in [0.2, 0.25) is 0 Å². The van der Waals surface area contributed by atoms with Crippen LogP contribution in [0.5, 0.6) is 0 Å². The number of hydrogen-bond donors (Lipinski definition) is 0. The van der Waals surface area contributed by atoms with Crippen LogP contribution in [0.3, 0.4) is 0 Å². The van der Waals surface area contributed by atoms with Gasteiger partial charge in [-0.05, 0) is 42.8 Å². The molecule has 0 aliphatic heterocycles. The fourth-order valence-electron chi connectivity index (χ4n) is 2.45. The van der Waals surface area contributed by atoms with Gasteiger partial charge in [-0.2, -0.15) is 0 Å². The van der Waals surface area contributed by atoms with Crippen LogP contribution in [0, 0.1) is 0 Å². The zero-order valence-electron chi connectivity index (χ0n) is 12.0. The molecule has 0 saturated heterocycles. The number of rotatable bonds is 4. The van der Waals surface area contributed by atoms with Crippen molar-refractivity contribution in [1.82, 2.24) is 15.0 Å². The highest BCUT2D eigenvalue weighted by molar-refractivity contribution is 5.53. The van der Waals surface area contributed by atoms with Crippen molar-refractivity contribution < 1.29 is 0 Å². The van der Waals surface area contributed by atoms with E-state index in [0.29, 0.717) is 0 Å². The second-order valence-electron chi connectivity index (χ2n) is 4.88. The standard InChI is InChI=1S/C18H17N3/c1-2-14(15-8-3-5-12-19-15)16-10-7-11-18(21-16)17-9-4-6-13-20-17/h3-14H,2H2,1H3. The molecule has 3 aromatic rings. The minimum absolute atomic E-state index is 0.217. The fraction of sp³-hybridized carbons (Fsp3) is 0.167. The van der Waals surface area contributed by atoms with Gasteiger partial charge in [-0.25, -0.2) is 0 Å². The molecule has 0 fully saturated rings. The Bertz CT molecular complexity index is 696. The fourth-order valence-corrected chi connectivity index (χ4v) is 2.45. The van der Waals surface area contributed by atoms with Crippen molar-refractivity contribution in [1.29, 1.82) is 0 Å². The topological polar surface area (TPSA) is 38.7 Å². The number of aromatic nitrogens is 3. The van der Waals surface area contributed by atoms with E-state index in [-0.39, 0.29) is 5.92 Å². The van der Waals surface area contributed by atoms with Gasteiger partial charge >= 0.3 is 0 Å². The van der Waals surface area contributed by atoms with Crippen molar-refractivity contribution in [2.24, 2.45) is 0 Å². The Morgan fingerprint density at radius 1 is 0.762 bits per heavy atom. The largest absolute Gasteiger partial charge is 0.261 e. The minimum Gasteiger partial charge on any atom is -0.261 e. The Labute approximate surface area is 124 Å². The summed E-state index contributed by atoms with van der Waals surface area (Å²) in [4.78, 5) is 13.6. The van der Waals surface area contributed by atoms with Crippen molar-refractivity contribution in [3.8, 4) is 11.4 Å². The van der Waals surface area contributed by atoms with Crippen LogP contribution in [0.4, 0.5) is 0 Å². The van der Waals surface area contributed by atoms with E-state index in [4.69, 9.17) is 4.98 Å². The van der Waals surface area contributed by atoms with E-state index in [1.54, 1.807) is 6.20 Å². The van der Waals surface area contributed by atoms with Crippen LogP contribution < -0.4 is 0 Å². The van der Waals surface area contributed by atoms with Crippen molar-refractivity contribution in [3.05, 3.63) is 78.4 Å². The molecule has 3 heterocycles. The first-order valence-electron chi connectivity index (χ1n) is 7.17. The van der Waals surface area contributed by atoms with Crippen molar-refractivity contribution in [2.45, 2.75) is 19.3 Å². The van der Waals surface area contributed by atoms with Gasteiger partial charge in [0.05, 0.1) is 17.1 Å². The first-order chi connectivity index (χ1) is 10.4. The van der Waals surface area contributed by atoms with E-state index < -0.39 is 0 Å². The van der Waals surface area contributed by atoms with E-state index in [9.17, 15) is 0 Å². The summed E-state index contributed by atoms with van der Waals surface area (Å²) in [5.74, 6) is 0.217. The molecule has 0 radical (unpaired) electrons. The molecule has 1 atom stereocenters. The lowest BCUT2D eigenvalue weighted by molar-refractivity contribution is 0.725. The van der Waals surface area contributed by atoms with Crippen molar-refractivity contribution in [3.63, 3.8) is 0 Å². The van der Waals surface area contributed by atoms with Crippen LogP contribution in [-0.2, 0) is 0 Å². The molecule has 3 heteroatoms. The average Bonchev–Trinajstić information content (AvgIpc) is 2.58. The molecule has 3 aromatic heterocycles. The molecule has 0 N–H and O–H groups in total. The highest BCUT2D eigenvalue weighted by atomic mass is 14.8. The van der Waals surface area contributed by atoms with Crippen LogP contribution in [-0.4, -0.2) is 15.0 Å². The van der Waals surface area contributed by atoms with E-state index in [2.05, 4.69) is 29.0 Å². The van der Waals surface area contributed by atoms with Gasteiger partial charge in [-0.15, -0.1) is 0 Å². The highest BCUT2D eigenvalue weighted by Gasteiger charge is 2.15. The molecular formula is C18H17N3. The van der Waals surface area contributed by atoms with Gasteiger partial charge in [0.15, 0.2) is 0 Å². The minimum atomic E-state index is 0.217. The zero-order valence-corrected chi connectivity index (χ0v) is 12.0. The maximum absolute atomic E-state index is 4.79. The smallest absolute Gasteiger partial charge is 0.0889 e. The maximum Gasteiger partial charge on any atom is 0.0889 e. The van der Waals surface area contributed by atoms with Gasteiger partial charge in [-0.1, -0.05) is 25.1 Å². The monoisotopic (exact) mass is 275 g/mol. The van der Waals surface area contributed by atoms with Gasteiger partial charge in [-0.3, -0.25) is 15.0 Å². The Hall–Kier alpha value is -2.55. The van der Waals surface area contributed by atoms with E-state index in [1.165, 1.54) is 0 Å². The lowest BCUT2D eigenvalue weighted by Crippen LogP contribution is -2.05. The molecule has 0 aliphatic carbocycles. The third-order valence-corrected chi connectivity index (χ3v) is 3.51. The van der Waals surface area contributed by atoms with Crippen LogP contribution in [0.15, 0.2) is 67.0 Å². The third kappa shape index (κ3) is 2.97. The zero-order chi connectivity index (χ0) is 14.5. The lowest BCUT2D eigenvalue weighted by atomic mass is 9.97. The molecule has 104 valence electrons. The lowest BCUT2D eigenvalue weighted by Gasteiger charge is -2.14. The van der Waals surface area contributed by atoms with Gasteiger partial charge in [0.1, 0.15) is 0 Å². The van der Waals surface area contributed by atoms with Crippen LogP contribution in [0.25, 0.3) is 11.4 Å². The van der Waals surface area contributed by atoms with Gasteiger partial charge in [0, 0.05) is 24.0 Å². The van der Waals surface area contributed by atoms with Gasteiger partial charge < -0.3 is 0 Å². The summed E-state index contributed by atoms with van der Waals surface area (Å²) in [6.45, 7) is 2.16. The molecule has 1 unspecified atom stereocenters. The predicted molar refractivity (Wildman–Crippen MR) is 83.8 cm³/mol. The van der Waals surface area contributed by atoms with Crippen molar-refractivity contribution >= 4 is 0 Å². The Morgan fingerprint density at radius 2 is 1.48 bits per heavy atom. The molecule has 0 aromatic carbocycles. The Morgan fingerprint density at radius 3 is 2.14 bits per heavy atom. The maximum atomic E-state index is 4.79. The normalized spacial score (nSPS) is 12.0. The van der Waals surface area contributed by atoms with E-state index in [1.807, 2.05) is 48.7 Å². The molecule has 0 saturated carbocycles. The molecule has 0 bridgehead atoms. The summed E-state index contributed by atoms with van der Waals surface area (Å²) in [7, 11) is 0. The highest BCUT2D eigenvalue weighted by Crippen LogP contribution is 2.26. The first-order valence-corrected chi connectivity index (χ1v) is 7.17. The molecular weight excluding hydrogens is 258 g/mol. The quantitative estimate of drug-likeness (QED) is 0.720. The number of hydrogen-bond acceptors (Lipinski definition) is 3. The second-order valence-corrected chi connectivity index (χ2v) is 4.88. The van der Waals surface area contributed by atoms with Gasteiger partial charge in [0.2, 0.25) is 0 Å². The third-order valence-electron chi connectivity index (χ3n) is 3.51. The van der Waals surface area contributed by atoms with E-state index >= 15 is 0 Å². The molecule has 3 nitrogen and oxygen atoms in total. The Balaban J connectivity index is 1.99. The van der Waals surface area contributed by atoms with Crippen molar-refractivity contribution in [2.75, 3.05) is 0 Å². The average molecular weight is 275 g/mol. The summed E-state index contributed by atoms with van der Waals surface area (Å²) in [5, 5.41) is 0. The van der Waals surface area contributed by atoms with Gasteiger partial charge in [0.25, 0.3) is 0 Å². The van der Waals surface area contributed by atoms with Crippen LogP contribution in [0.1, 0.15) is 30.7 Å². The molecule has 21 heavy (non-hydrogen) atoms. The molecule has 0 spiro atoms. The summed E-state index contributed by atoms with van der Waals surface area (Å²) in [6.07, 6.45) is 4.59. The first kappa shape index (κ1) is 13.4.